The van der Waals surface area contributed by atoms with Crippen molar-refractivity contribution in [2.75, 3.05) is 14.2 Å². The summed E-state index contributed by atoms with van der Waals surface area (Å²) < 4.78 is 42.2. The molecule has 0 spiro atoms. The first-order valence-electron chi connectivity index (χ1n) is 4.81. The summed E-state index contributed by atoms with van der Waals surface area (Å²) >= 11 is 0. The third kappa shape index (κ3) is 3.37. The highest BCUT2D eigenvalue weighted by molar-refractivity contribution is 5.79. The van der Waals surface area contributed by atoms with Gasteiger partial charge in [0.15, 0.2) is 11.6 Å². The van der Waals surface area contributed by atoms with Crippen molar-refractivity contribution >= 4 is 5.91 Å². The molecular formula is C11H12F3NO2. The molecule has 0 fully saturated rings. The highest BCUT2D eigenvalue weighted by Crippen LogP contribution is 2.18. The second kappa shape index (κ2) is 5.56. The van der Waals surface area contributed by atoms with E-state index in [0.29, 0.717) is 5.56 Å². The Kier molecular flexibility index (Phi) is 4.37. The second-order valence-electron chi connectivity index (χ2n) is 3.46. The first-order chi connectivity index (χ1) is 7.95. The number of benzene rings is 1. The molecule has 0 aliphatic rings. The Balaban J connectivity index is 2.75. The SMILES string of the molecule is COc1ccc(CN(C)C(=O)C(F)F)cc1F. The maximum atomic E-state index is 13.3. The molecule has 6 heteroatoms. The average molecular weight is 247 g/mol. The molecule has 0 aliphatic carbocycles. The van der Waals surface area contributed by atoms with Crippen LogP contribution in [0.15, 0.2) is 18.2 Å². The summed E-state index contributed by atoms with van der Waals surface area (Å²) in [5.41, 5.74) is 0.416. The minimum atomic E-state index is -3.05. The first-order valence-corrected chi connectivity index (χ1v) is 4.81. The van der Waals surface area contributed by atoms with Crippen molar-refractivity contribution in [1.82, 2.24) is 4.90 Å². The Morgan fingerprint density at radius 3 is 2.59 bits per heavy atom. The number of hydrogen-bond donors (Lipinski definition) is 0. The van der Waals surface area contributed by atoms with Crippen LogP contribution in [0.4, 0.5) is 13.2 Å². The maximum Gasteiger partial charge on any atom is 0.315 e. The van der Waals surface area contributed by atoms with Crippen molar-refractivity contribution in [2.24, 2.45) is 0 Å². The van der Waals surface area contributed by atoms with Crippen LogP contribution in [0.5, 0.6) is 5.75 Å². The topological polar surface area (TPSA) is 29.5 Å². The van der Waals surface area contributed by atoms with Gasteiger partial charge in [0.2, 0.25) is 0 Å². The van der Waals surface area contributed by atoms with Crippen molar-refractivity contribution in [2.45, 2.75) is 13.0 Å². The smallest absolute Gasteiger partial charge is 0.315 e. The van der Waals surface area contributed by atoms with Gasteiger partial charge in [-0.1, -0.05) is 6.07 Å². The quantitative estimate of drug-likeness (QED) is 0.815. The van der Waals surface area contributed by atoms with Gasteiger partial charge < -0.3 is 9.64 Å². The van der Waals surface area contributed by atoms with Crippen molar-refractivity contribution in [3.05, 3.63) is 29.6 Å². The Morgan fingerprint density at radius 2 is 2.12 bits per heavy atom. The van der Waals surface area contributed by atoms with Crippen molar-refractivity contribution in [3.63, 3.8) is 0 Å². The second-order valence-corrected chi connectivity index (χ2v) is 3.46. The zero-order chi connectivity index (χ0) is 13.0. The van der Waals surface area contributed by atoms with Crippen LogP contribution in [0.25, 0.3) is 0 Å². The minimum Gasteiger partial charge on any atom is -0.494 e. The number of carbonyl (C=O) groups excluding carboxylic acids is 1. The van der Waals surface area contributed by atoms with Gasteiger partial charge in [-0.3, -0.25) is 4.79 Å². The highest BCUT2D eigenvalue weighted by atomic mass is 19.3. The molecule has 0 N–H and O–H groups in total. The molecule has 0 bridgehead atoms. The molecule has 3 nitrogen and oxygen atoms in total. The lowest BCUT2D eigenvalue weighted by Gasteiger charge is -2.16. The van der Waals surface area contributed by atoms with E-state index in [1.807, 2.05) is 0 Å². The molecule has 94 valence electrons. The first kappa shape index (κ1) is 13.3. The molecular weight excluding hydrogens is 235 g/mol. The molecule has 17 heavy (non-hydrogen) atoms. The Bertz CT molecular complexity index is 410. The van der Waals surface area contributed by atoms with Gasteiger partial charge in [0.05, 0.1) is 7.11 Å². The molecule has 0 heterocycles. The van der Waals surface area contributed by atoms with E-state index in [4.69, 9.17) is 4.74 Å². The molecule has 1 aromatic rings. The summed E-state index contributed by atoms with van der Waals surface area (Å²) in [4.78, 5) is 11.8. The number of amides is 1. The van der Waals surface area contributed by atoms with E-state index in [9.17, 15) is 18.0 Å². The Morgan fingerprint density at radius 1 is 1.47 bits per heavy atom. The van der Waals surface area contributed by atoms with Crippen LogP contribution in [-0.2, 0) is 11.3 Å². The fraction of sp³-hybridized carbons (Fsp3) is 0.364. The molecule has 0 atom stereocenters. The minimum absolute atomic E-state index is 0.0663. The Hall–Kier alpha value is -1.72. The molecule has 0 saturated carbocycles. The van der Waals surface area contributed by atoms with Gasteiger partial charge in [-0.2, -0.15) is 8.78 Å². The van der Waals surface area contributed by atoms with E-state index in [-0.39, 0.29) is 12.3 Å². The molecule has 0 saturated heterocycles. The Labute approximate surface area is 96.8 Å². The molecule has 0 aromatic heterocycles. The van der Waals surface area contributed by atoms with E-state index in [0.717, 1.165) is 11.0 Å². The number of alkyl halides is 2. The van der Waals surface area contributed by atoms with Crippen LogP contribution in [-0.4, -0.2) is 31.4 Å². The fourth-order valence-corrected chi connectivity index (χ4v) is 1.33. The van der Waals surface area contributed by atoms with Crippen molar-refractivity contribution < 1.29 is 22.7 Å². The number of carbonyl (C=O) groups is 1. The van der Waals surface area contributed by atoms with Gasteiger partial charge in [0.1, 0.15) is 0 Å². The predicted molar refractivity (Wildman–Crippen MR) is 55.4 cm³/mol. The number of nitrogens with zero attached hydrogens (tertiary/aromatic N) is 1. The largest absolute Gasteiger partial charge is 0.494 e. The molecule has 0 radical (unpaired) electrons. The lowest BCUT2D eigenvalue weighted by molar-refractivity contribution is -0.141. The summed E-state index contributed by atoms with van der Waals surface area (Å²) in [5, 5.41) is 0. The van der Waals surface area contributed by atoms with Crippen LogP contribution < -0.4 is 4.74 Å². The van der Waals surface area contributed by atoms with Crippen molar-refractivity contribution in [3.8, 4) is 5.75 Å². The van der Waals surface area contributed by atoms with E-state index in [2.05, 4.69) is 0 Å². The average Bonchev–Trinajstić information content (AvgIpc) is 2.28. The van der Waals surface area contributed by atoms with E-state index >= 15 is 0 Å². The molecule has 0 unspecified atom stereocenters. The van der Waals surface area contributed by atoms with Gasteiger partial charge in [0, 0.05) is 13.6 Å². The summed E-state index contributed by atoms with van der Waals surface area (Å²) in [7, 11) is 2.56. The highest BCUT2D eigenvalue weighted by Gasteiger charge is 2.20. The number of rotatable bonds is 4. The number of methoxy groups -OCH3 is 1. The molecule has 1 amide bonds. The zero-order valence-electron chi connectivity index (χ0n) is 9.41. The number of ether oxygens (including phenoxy) is 1. The number of hydrogen-bond acceptors (Lipinski definition) is 2. The normalized spacial score (nSPS) is 10.5. The van der Waals surface area contributed by atoms with E-state index < -0.39 is 18.1 Å². The molecule has 0 aliphatic heterocycles. The summed E-state index contributed by atoms with van der Waals surface area (Å²) in [5.74, 6) is -1.82. The van der Waals surface area contributed by atoms with Gasteiger partial charge in [-0.25, -0.2) is 4.39 Å². The van der Waals surface area contributed by atoms with Gasteiger partial charge in [-0.15, -0.1) is 0 Å². The summed E-state index contributed by atoms with van der Waals surface area (Å²) in [6.07, 6.45) is -3.05. The van der Waals surface area contributed by atoms with E-state index in [1.54, 1.807) is 0 Å². The molecule has 1 rings (SSSR count). The lowest BCUT2D eigenvalue weighted by atomic mass is 10.2. The van der Waals surface area contributed by atoms with Crippen molar-refractivity contribution in [1.29, 1.82) is 0 Å². The maximum absolute atomic E-state index is 13.3. The third-order valence-electron chi connectivity index (χ3n) is 2.20. The predicted octanol–water partition coefficient (Wildman–Crippen LogP) is 2.06. The fourth-order valence-electron chi connectivity index (χ4n) is 1.33. The standard InChI is InChI=1S/C11H12F3NO2/c1-15(11(16)10(13)14)6-7-3-4-9(17-2)8(12)5-7/h3-5,10H,6H2,1-2H3. The third-order valence-corrected chi connectivity index (χ3v) is 2.20. The van der Waals surface area contributed by atoms with Crippen LogP contribution in [0.1, 0.15) is 5.56 Å². The van der Waals surface area contributed by atoms with Crippen LogP contribution >= 0.6 is 0 Å². The summed E-state index contributed by atoms with van der Waals surface area (Å²) in [6, 6.07) is 4.04. The monoisotopic (exact) mass is 247 g/mol. The van der Waals surface area contributed by atoms with E-state index in [1.165, 1.54) is 26.3 Å². The zero-order valence-corrected chi connectivity index (χ0v) is 9.41. The van der Waals surface area contributed by atoms with Gasteiger partial charge in [0.25, 0.3) is 5.91 Å². The van der Waals surface area contributed by atoms with Crippen LogP contribution in [0.2, 0.25) is 0 Å². The van der Waals surface area contributed by atoms with Crippen LogP contribution in [0, 0.1) is 5.82 Å². The van der Waals surface area contributed by atoms with Gasteiger partial charge >= 0.3 is 6.43 Å². The lowest BCUT2D eigenvalue weighted by Crippen LogP contribution is -2.31. The molecule has 1 aromatic carbocycles. The van der Waals surface area contributed by atoms with Crippen LogP contribution in [0.3, 0.4) is 0 Å². The number of halogens is 3. The summed E-state index contributed by atoms with van der Waals surface area (Å²) in [6.45, 7) is -0.0793. The van der Waals surface area contributed by atoms with Gasteiger partial charge in [-0.05, 0) is 17.7 Å².